The van der Waals surface area contributed by atoms with Gasteiger partial charge < -0.3 is 39.7 Å². The van der Waals surface area contributed by atoms with Crippen molar-refractivity contribution in [1.29, 1.82) is 0 Å². The van der Waals surface area contributed by atoms with Crippen LogP contribution in [0.5, 0.6) is 11.5 Å². The van der Waals surface area contributed by atoms with Crippen LogP contribution in [0.2, 0.25) is 10.0 Å². The maximum Gasteiger partial charge on any atom is 0.247 e. The lowest BCUT2D eigenvalue weighted by molar-refractivity contribution is -0.147. The fourth-order valence-corrected chi connectivity index (χ4v) is 10.1. The van der Waals surface area contributed by atoms with Crippen molar-refractivity contribution in [1.82, 2.24) is 35.2 Å². The van der Waals surface area contributed by atoms with Crippen molar-refractivity contribution < 1.29 is 37.8 Å². The van der Waals surface area contributed by atoms with E-state index >= 15 is 4.79 Å². The minimum atomic E-state index is -1.20. The summed E-state index contributed by atoms with van der Waals surface area (Å²) in [5.41, 5.74) is 5.23. The molecule has 0 saturated carbocycles. The highest BCUT2D eigenvalue weighted by atomic mass is 35.5. The van der Waals surface area contributed by atoms with Gasteiger partial charge in [0.15, 0.2) is 0 Å². The maximum atomic E-state index is 15.1. The molecule has 5 amide bonds. The van der Waals surface area contributed by atoms with E-state index in [1.54, 1.807) is 56.3 Å². The van der Waals surface area contributed by atoms with Crippen LogP contribution in [0.3, 0.4) is 0 Å². The standard InChI is InChI=1S/C58H68Cl2FN7O7/c1-38-33-63-54(69)32-50(28-41-11-16-48(59)17-12-41)66(4)58(73)52(37-74-5)64-56(71)39(2)68(55(70)30-45(57(72)65(38)3)27-40-9-7-6-8-10-40)36-44-13-18-49(60)31-53(44)75-51-19-14-42(15-20-51)46-29-47(35-62-34-46)43-21-24-67(25-22-43)26-23-61/h6-20,29,31,34-35,38-39,43,45,50,52H,21-28,30,32-33,36-37H2,1-5H3,(H,63,69)(H,64,71)/t38-,39-,45+,50-,52-/m0/s1. The Kier molecular flexibility index (Phi) is 20.2. The number of aromatic nitrogens is 1. The number of hydrogen-bond donors (Lipinski definition) is 2. The van der Waals surface area contributed by atoms with E-state index in [4.69, 9.17) is 32.7 Å². The van der Waals surface area contributed by atoms with Crippen molar-refractivity contribution in [2.45, 2.75) is 89.0 Å². The van der Waals surface area contributed by atoms with Crippen molar-refractivity contribution in [3.8, 4) is 22.6 Å². The molecule has 2 aliphatic heterocycles. The Morgan fingerprint density at radius 1 is 0.760 bits per heavy atom. The highest BCUT2D eigenvalue weighted by Crippen LogP contribution is 2.34. The number of nitrogens with zero attached hydrogens (tertiary/aromatic N) is 5. The number of pyridine rings is 1. The number of likely N-dealkylation sites (tertiary alicyclic amines) is 1. The van der Waals surface area contributed by atoms with Crippen molar-refractivity contribution in [3.05, 3.63) is 148 Å². The van der Waals surface area contributed by atoms with Gasteiger partial charge in [-0.2, -0.15) is 0 Å². The highest BCUT2D eigenvalue weighted by Gasteiger charge is 2.36. The maximum absolute atomic E-state index is 15.1. The number of piperidine rings is 1. The second kappa shape index (κ2) is 26.9. The largest absolute Gasteiger partial charge is 0.457 e. The molecule has 3 heterocycles. The van der Waals surface area contributed by atoms with E-state index in [1.807, 2.05) is 86.0 Å². The fraction of sp³-hybridized carbons (Fsp3) is 0.414. The van der Waals surface area contributed by atoms with E-state index in [2.05, 4.69) is 26.6 Å². The predicted molar refractivity (Wildman–Crippen MR) is 289 cm³/mol. The van der Waals surface area contributed by atoms with Crippen molar-refractivity contribution in [2.75, 3.05) is 60.7 Å². The molecule has 0 radical (unpaired) electrons. The number of ether oxygens (including phenoxy) is 2. The lowest BCUT2D eigenvalue weighted by Crippen LogP contribution is -2.57. The number of carbonyl (C=O) groups excluding carboxylic acids is 5. The molecule has 2 N–H and O–H groups in total. The number of hydrogen-bond acceptors (Lipinski definition) is 9. The molecule has 5 atom stereocenters. The summed E-state index contributed by atoms with van der Waals surface area (Å²) < 4.78 is 25.0. The molecule has 17 heteroatoms. The van der Waals surface area contributed by atoms with Crippen molar-refractivity contribution in [2.24, 2.45) is 5.92 Å². The third-order valence-corrected chi connectivity index (χ3v) is 15.0. The lowest BCUT2D eigenvalue weighted by Gasteiger charge is -2.35. The van der Waals surface area contributed by atoms with Crippen LogP contribution in [0.25, 0.3) is 11.1 Å². The molecule has 0 spiro atoms. The normalized spacial score (nSPS) is 21.4. The smallest absolute Gasteiger partial charge is 0.247 e. The first-order valence-electron chi connectivity index (χ1n) is 25.6. The minimum Gasteiger partial charge on any atom is -0.457 e. The van der Waals surface area contributed by atoms with Gasteiger partial charge in [0.05, 0.1) is 19.1 Å². The van der Waals surface area contributed by atoms with E-state index in [9.17, 15) is 23.6 Å². The number of nitrogens with one attached hydrogen (secondary N) is 2. The summed E-state index contributed by atoms with van der Waals surface area (Å²) in [5, 5.41) is 6.74. The average Bonchev–Trinajstić information content (AvgIpc) is 3.41. The Hall–Kier alpha value is -6.39. The van der Waals surface area contributed by atoms with Gasteiger partial charge in [0, 0.05) is 92.8 Å². The van der Waals surface area contributed by atoms with Crippen LogP contribution in [0.1, 0.15) is 67.7 Å². The van der Waals surface area contributed by atoms with E-state index in [0.717, 1.165) is 53.7 Å². The quantitative estimate of drug-likeness (QED) is 0.111. The number of carbonyl (C=O) groups is 5. The van der Waals surface area contributed by atoms with Gasteiger partial charge >= 0.3 is 0 Å². The van der Waals surface area contributed by atoms with Crippen LogP contribution in [0.4, 0.5) is 4.39 Å². The van der Waals surface area contributed by atoms with Gasteiger partial charge in [-0.05, 0) is 123 Å². The molecule has 5 aromatic rings. The average molecular weight is 1070 g/mol. The Labute approximate surface area is 449 Å². The Morgan fingerprint density at radius 2 is 1.45 bits per heavy atom. The summed E-state index contributed by atoms with van der Waals surface area (Å²) in [6.07, 6.45) is 5.78. The zero-order chi connectivity index (χ0) is 53.6. The number of halogens is 3. The molecule has 1 aromatic heterocycles. The summed E-state index contributed by atoms with van der Waals surface area (Å²) >= 11 is 12.8. The molecule has 2 fully saturated rings. The zero-order valence-electron chi connectivity index (χ0n) is 43.4. The molecule has 2 saturated heterocycles. The molecule has 7 rings (SSSR count). The number of benzene rings is 4. The highest BCUT2D eigenvalue weighted by molar-refractivity contribution is 6.31. The molecule has 4 aromatic carbocycles. The molecule has 75 heavy (non-hydrogen) atoms. The van der Waals surface area contributed by atoms with E-state index in [1.165, 1.54) is 16.9 Å². The summed E-state index contributed by atoms with van der Waals surface area (Å²) in [6, 6.07) is 27.8. The first kappa shape index (κ1) is 56.3. The molecular weight excluding hydrogens is 997 g/mol. The van der Waals surface area contributed by atoms with Crippen LogP contribution in [-0.4, -0.2) is 139 Å². The predicted octanol–water partition coefficient (Wildman–Crippen LogP) is 8.53. The SMILES string of the molecule is COC[C@@H]1NC(=O)[C@H](C)N(Cc2ccc(Cl)cc2Oc2ccc(-c3cncc(C4CCN(CCF)CC4)c3)cc2)C(=O)C[C@@H](Cc2ccccc2)C(=O)N(C)[C@@H](C)CNC(=O)C[C@H](Cc2ccc(Cl)cc2)N(C)C1=O. The summed E-state index contributed by atoms with van der Waals surface area (Å²) in [6.45, 7) is 4.99. The molecule has 0 aliphatic carbocycles. The molecule has 0 unspecified atom stereocenters. The lowest BCUT2D eigenvalue weighted by atomic mass is 9.89. The Morgan fingerprint density at radius 3 is 2.15 bits per heavy atom. The number of rotatable bonds is 14. The van der Waals surface area contributed by atoms with Gasteiger partial charge in [0.2, 0.25) is 29.5 Å². The second-order valence-electron chi connectivity index (χ2n) is 19.7. The monoisotopic (exact) mass is 1060 g/mol. The van der Waals surface area contributed by atoms with E-state index in [-0.39, 0.29) is 57.4 Å². The van der Waals surface area contributed by atoms with Crippen LogP contribution < -0.4 is 15.4 Å². The van der Waals surface area contributed by atoms with Crippen LogP contribution in [-0.2, 0) is 48.1 Å². The van der Waals surface area contributed by atoms with Gasteiger partial charge in [0.25, 0.3) is 0 Å². The number of amides is 5. The van der Waals surface area contributed by atoms with Crippen molar-refractivity contribution in [3.63, 3.8) is 0 Å². The van der Waals surface area contributed by atoms with Gasteiger partial charge in [-0.25, -0.2) is 4.39 Å². The Bertz CT molecular complexity index is 2730. The van der Waals surface area contributed by atoms with Crippen LogP contribution in [0, 0.1) is 5.92 Å². The molecule has 14 nitrogen and oxygen atoms in total. The number of likely N-dealkylation sites (N-methyl/N-ethyl adjacent to an activating group) is 2. The first-order valence-corrected chi connectivity index (χ1v) is 26.3. The topological polar surface area (TPSA) is 154 Å². The summed E-state index contributed by atoms with van der Waals surface area (Å²) in [7, 11) is 4.65. The fourth-order valence-electron chi connectivity index (χ4n) is 9.77. The van der Waals surface area contributed by atoms with Crippen molar-refractivity contribution >= 4 is 52.7 Å². The summed E-state index contributed by atoms with van der Waals surface area (Å²) in [5.74, 6) is -1.99. The van der Waals surface area contributed by atoms with Gasteiger partial charge in [0.1, 0.15) is 30.3 Å². The molecular formula is C58H68Cl2FN7O7. The van der Waals surface area contributed by atoms with E-state index in [0.29, 0.717) is 46.0 Å². The van der Waals surface area contributed by atoms with Crippen LogP contribution >= 0.6 is 23.2 Å². The van der Waals surface area contributed by atoms with Crippen LogP contribution in [0.15, 0.2) is 116 Å². The third-order valence-electron chi connectivity index (χ3n) is 14.5. The second-order valence-corrected chi connectivity index (χ2v) is 20.6. The molecule has 398 valence electrons. The minimum absolute atomic E-state index is 0.0796. The molecule has 0 bridgehead atoms. The van der Waals surface area contributed by atoms with Gasteiger partial charge in [-0.1, -0.05) is 83.9 Å². The van der Waals surface area contributed by atoms with Gasteiger partial charge in [-0.3, -0.25) is 29.0 Å². The molecule has 2 aliphatic rings. The summed E-state index contributed by atoms with van der Waals surface area (Å²) in [4.78, 5) is 83.7. The van der Waals surface area contributed by atoms with Gasteiger partial charge in [-0.15, -0.1) is 0 Å². The number of methoxy groups -OCH3 is 1. The van der Waals surface area contributed by atoms with E-state index < -0.39 is 47.8 Å². The third kappa shape index (κ3) is 15.4. The Balaban J connectivity index is 1.19. The number of alkyl halides is 1. The first-order chi connectivity index (χ1) is 36.1. The zero-order valence-corrected chi connectivity index (χ0v) is 44.9.